The van der Waals surface area contributed by atoms with Crippen LogP contribution in [0.15, 0.2) is 6.07 Å². The van der Waals surface area contributed by atoms with Gasteiger partial charge in [0.05, 0.1) is 23.9 Å². The van der Waals surface area contributed by atoms with Gasteiger partial charge >= 0.3 is 0 Å². The van der Waals surface area contributed by atoms with E-state index in [1.165, 1.54) is 0 Å². The van der Waals surface area contributed by atoms with E-state index >= 15 is 0 Å². The second-order valence-electron chi connectivity index (χ2n) is 2.52. The molecule has 0 aliphatic rings. The van der Waals surface area contributed by atoms with Crippen LogP contribution in [0.5, 0.6) is 0 Å². The highest BCUT2D eigenvalue weighted by atomic mass is 19.3. The normalized spacial score (nSPS) is 10.2. The minimum absolute atomic E-state index is 0.150. The van der Waals surface area contributed by atoms with Crippen LogP contribution < -0.4 is 5.73 Å². The standard InChI is InChI=1S/C8H6F3N3/c9-4-3-6(8(10)11)14-5(1-2-12)7(4)13/h3,8H,1,13H2. The first-order valence-electron chi connectivity index (χ1n) is 3.66. The summed E-state index contributed by atoms with van der Waals surface area (Å²) in [5.74, 6) is -0.972. The number of hydrogen-bond acceptors (Lipinski definition) is 3. The van der Waals surface area contributed by atoms with Crippen LogP contribution in [-0.2, 0) is 6.42 Å². The Morgan fingerprint density at radius 2 is 2.21 bits per heavy atom. The van der Waals surface area contributed by atoms with E-state index in [2.05, 4.69) is 4.98 Å². The zero-order valence-electron chi connectivity index (χ0n) is 6.97. The van der Waals surface area contributed by atoms with Crippen molar-refractivity contribution in [2.45, 2.75) is 12.8 Å². The number of nitrogens with zero attached hydrogens (tertiary/aromatic N) is 2. The zero-order valence-corrected chi connectivity index (χ0v) is 6.97. The molecule has 0 amide bonds. The van der Waals surface area contributed by atoms with Gasteiger partial charge in [-0.2, -0.15) is 5.26 Å². The van der Waals surface area contributed by atoms with E-state index < -0.39 is 17.9 Å². The van der Waals surface area contributed by atoms with Gasteiger partial charge in [0, 0.05) is 6.07 Å². The maximum absolute atomic E-state index is 12.9. The van der Waals surface area contributed by atoms with Gasteiger partial charge < -0.3 is 5.73 Å². The van der Waals surface area contributed by atoms with Crippen LogP contribution in [-0.4, -0.2) is 4.98 Å². The molecule has 0 saturated carbocycles. The molecule has 1 rings (SSSR count). The van der Waals surface area contributed by atoms with Crippen molar-refractivity contribution in [2.75, 3.05) is 5.73 Å². The number of anilines is 1. The van der Waals surface area contributed by atoms with Gasteiger partial charge in [-0.1, -0.05) is 0 Å². The molecule has 0 radical (unpaired) electrons. The summed E-state index contributed by atoms with van der Waals surface area (Å²) in [4.78, 5) is 3.38. The third-order valence-corrected chi connectivity index (χ3v) is 1.58. The Balaban J connectivity index is 3.22. The molecule has 0 fully saturated rings. The van der Waals surface area contributed by atoms with Gasteiger partial charge in [0.2, 0.25) is 0 Å². The van der Waals surface area contributed by atoms with Gasteiger partial charge in [0.15, 0.2) is 0 Å². The average molecular weight is 201 g/mol. The highest BCUT2D eigenvalue weighted by Gasteiger charge is 2.15. The van der Waals surface area contributed by atoms with Crippen LogP contribution in [0.1, 0.15) is 17.8 Å². The minimum atomic E-state index is -2.87. The number of halogens is 3. The Hall–Kier alpha value is -1.77. The van der Waals surface area contributed by atoms with E-state index in [1.54, 1.807) is 6.07 Å². The van der Waals surface area contributed by atoms with Gasteiger partial charge in [0.1, 0.15) is 11.5 Å². The van der Waals surface area contributed by atoms with Gasteiger partial charge in [-0.25, -0.2) is 18.2 Å². The third-order valence-electron chi connectivity index (χ3n) is 1.58. The first-order chi connectivity index (χ1) is 6.56. The van der Waals surface area contributed by atoms with E-state index in [4.69, 9.17) is 11.0 Å². The highest BCUT2D eigenvalue weighted by molar-refractivity contribution is 5.46. The third kappa shape index (κ3) is 1.93. The Bertz CT molecular complexity index is 384. The van der Waals surface area contributed by atoms with Crippen molar-refractivity contribution in [1.82, 2.24) is 4.98 Å². The van der Waals surface area contributed by atoms with Crippen LogP contribution in [0.4, 0.5) is 18.9 Å². The monoisotopic (exact) mass is 201 g/mol. The Kier molecular flexibility index (Phi) is 2.92. The number of alkyl halides is 2. The number of nitrogens with two attached hydrogens (primary N) is 1. The van der Waals surface area contributed by atoms with Crippen molar-refractivity contribution in [1.29, 1.82) is 5.26 Å². The number of aromatic nitrogens is 1. The predicted molar refractivity (Wildman–Crippen MR) is 42.9 cm³/mol. The molecule has 1 heterocycles. The summed E-state index contributed by atoms with van der Waals surface area (Å²) in [7, 11) is 0. The molecule has 14 heavy (non-hydrogen) atoms. The lowest BCUT2D eigenvalue weighted by Gasteiger charge is -2.05. The SMILES string of the molecule is N#CCc1nc(C(F)F)cc(F)c1N. The van der Waals surface area contributed by atoms with E-state index in [-0.39, 0.29) is 17.8 Å². The van der Waals surface area contributed by atoms with Crippen molar-refractivity contribution < 1.29 is 13.2 Å². The maximum Gasteiger partial charge on any atom is 0.280 e. The summed E-state index contributed by atoms with van der Waals surface area (Å²) in [6.07, 6.45) is -3.16. The Labute approximate surface area is 78.0 Å². The number of nitriles is 1. The lowest BCUT2D eigenvalue weighted by molar-refractivity contribution is 0.145. The fraction of sp³-hybridized carbons (Fsp3) is 0.250. The number of pyridine rings is 1. The molecular weight excluding hydrogens is 195 g/mol. The number of rotatable bonds is 2. The summed E-state index contributed by atoms with van der Waals surface area (Å²) < 4.78 is 37.2. The lowest BCUT2D eigenvalue weighted by Crippen LogP contribution is -2.04. The molecule has 0 aromatic carbocycles. The molecule has 2 N–H and O–H groups in total. The molecule has 74 valence electrons. The van der Waals surface area contributed by atoms with E-state index in [0.717, 1.165) is 0 Å². The highest BCUT2D eigenvalue weighted by Crippen LogP contribution is 2.22. The Morgan fingerprint density at radius 1 is 1.57 bits per heavy atom. The fourth-order valence-corrected chi connectivity index (χ4v) is 0.915. The van der Waals surface area contributed by atoms with Crippen molar-refractivity contribution >= 4 is 5.69 Å². The molecule has 0 saturated heterocycles. The van der Waals surface area contributed by atoms with Crippen molar-refractivity contribution in [2.24, 2.45) is 0 Å². The fourth-order valence-electron chi connectivity index (χ4n) is 0.915. The average Bonchev–Trinajstić information content (AvgIpc) is 2.12. The predicted octanol–water partition coefficient (Wildman–Crippen LogP) is 1.81. The van der Waals surface area contributed by atoms with Crippen LogP contribution in [0.2, 0.25) is 0 Å². The van der Waals surface area contributed by atoms with Crippen LogP contribution in [0.25, 0.3) is 0 Å². The molecule has 0 aliphatic carbocycles. The van der Waals surface area contributed by atoms with Crippen molar-refractivity contribution in [3.63, 3.8) is 0 Å². The van der Waals surface area contributed by atoms with Crippen LogP contribution >= 0.6 is 0 Å². The second kappa shape index (κ2) is 3.96. The molecule has 6 heteroatoms. The molecule has 1 aromatic rings. The van der Waals surface area contributed by atoms with Gasteiger partial charge in [-0.05, 0) is 0 Å². The largest absolute Gasteiger partial charge is 0.395 e. The topological polar surface area (TPSA) is 62.7 Å². The first-order valence-corrected chi connectivity index (χ1v) is 3.66. The van der Waals surface area contributed by atoms with Crippen molar-refractivity contribution in [3.05, 3.63) is 23.3 Å². The van der Waals surface area contributed by atoms with Crippen LogP contribution in [0.3, 0.4) is 0 Å². The molecule has 0 spiro atoms. The molecule has 3 nitrogen and oxygen atoms in total. The first kappa shape index (κ1) is 10.3. The smallest absolute Gasteiger partial charge is 0.280 e. The summed E-state index contributed by atoms with van der Waals surface area (Å²) in [5, 5.41) is 8.31. The molecule has 0 bridgehead atoms. The van der Waals surface area contributed by atoms with Gasteiger partial charge in [0.25, 0.3) is 6.43 Å². The van der Waals surface area contributed by atoms with Crippen molar-refractivity contribution in [3.8, 4) is 6.07 Å². The molecule has 0 atom stereocenters. The zero-order chi connectivity index (χ0) is 10.7. The quantitative estimate of drug-likeness (QED) is 0.793. The maximum atomic E-state index is 12.9. The summed E-state index contributed by atoms with van der Waals surface area (Å²) >= 11 is 0. The summed E-state index contributed by atoms with van der Waals surface area (Å²) in [6.45, 7) is 0. The van der Waals surface area contributed by atoms with Gasteiger partial charge in [-0.15, -0.1) is 0 Å². The molecule has 1 aromatic heterocycles. The molecule has 0 unspecified atom stereocenters. The van der Waals surface area contributed by atoms with E-state index in [1.807, 2.05) is 0 Å². The molecular formula is C8H6F3N3. The lowest BCUT2D eigenvalue weighted by atomic mass is 10.2. The van der Waals surface area contributed by atoms with E-state index in [0.29, 0.717) is 6.07 Å². The molecule has 0 aliphatic heterocycles. The summed E-state index contributed by atoms with van der Waals surface area (Å²) in [5.41, 5.74) is 4.00. The number of nitrogen functional groups attached to an aromatic ring is 1. The Morgan fingerprint density at radius 3 is 2.71 bits per heavy atom. The number of hydrogen-bond donors (Lipinski definition) is 1. The van der Waals surface area contributed by atoms with E-state index in [9.17, 15) is 13.2 Å². The van der Waals surface area contributed by atoms with Crippen LogP contribution in [0, 0.1) is 17.1 Å². The second-order valence-corrected chi connectivity index (χ2v) is 2.52. The van der Waals surface area contributed by atoms with Gasteiger partial charge in [-0.3, -0.25) is 0 Å². The summed E-state index contributed by atoms with van der Waals surface area (Å²) in [6, 6.07) is 2.23. The minimum Gasteiger partial charge on any atom is -0.395 e.